The van der Waals surface area contributed by atoms with Gasteiger partial charge in [-0.1, -0.05) is 58.4 Å². The van der Waals surface area contributed by atoms with E-state index in [1.54, 1.807) is 74.7 Å². The molecule has 0 aliphatic carbocycles. The first-order valence-corrected chi connectivity index (χ1v) is 17.0. The number of amides is 3. The third-order valence-corrected chi connectivity index (χ3v) is 10.2. The highest BCUT2D eigenvalue weighted by Gasteiger charge is 2.77. The van der Waals surface area contributed by atoms with Crippen molar-refractivity contribution in [2.24, 2.45) is 11.8 Å². The number of hydrogen-bond donors (Lipinski definition) is 2. The number of alkyl halides is 1. The minimum absolute atomic E-state index is 0.0909. The number of hydrogen-bond acceptors (Lipinski definition) is 8. The summed E-state index contributed by atoms with van der Waals surface area (Å²) in [6.07, 6.45) is 2.89. The Bertz CT molecular complexity index is 1520. The Balaban J connectivity index is 1.52. The largest absolute Gasteiger partial charge is 0.497 e. The molecule has 12 heteroatoms. The fourth-order valence-electron chi connectivity index (χ4n) is 7.24. The van der Waals surface area contributed by atoms with Gasteiger partial charge in [0, 0.05) is 23.5 Å². The maximum absolute atomic E-state index is 14.9. The first kappa shape index (κ1) is 35.3. The molecule has 0 radical (unpaired) electrons. The molecule has 8 atom stereocenters. The van der Waals surface area contributed by atoms with Gasteiger partial charge in [-0.25, -0.2) is 0 Å². The van der Waals surface area contributed by atoms with Crippen molar-refractivity contribution >= 4 is 45.3 Å². The SMILES string of the molecule is C=CCCC(=O)NC[C@H](C)OC(=O)[C@@H]1[C@H]2O[C@@]3(CC2Br)[C@H](C(=O)N(CC=C)c2ccc(OC)cc2)N([C@H](CO)c2ccccc2)C(=O)[C@@H]13. The topological polar surface area (TPSA) is 135 Å². The lowest BCUT2D eigenvalue weighted by Crippen LogP contribution is -2.57. The van der Waals surface area contributed by atoms with E-state index in [1.807, 2.05) is 6.07 Å². The van der Waals surface area contributed by atoms with Crippen molar-refractivity contribution in [2.45, 2.75) is 60.9 Å². The third-order valence-electron chi connectivity index (χ3n) is 9.37. The molecular weight excluding hydrogens is 682 g/mol. The molecule has 2 aromatic rings. The van der Waals surface area contributed by atoms with Crippen LogP contribution in [0.25, 0.3) is 0 Å². The van der Waals surface area contributed by atoms with Crippen LogP contribution in [0.1, 0.15) is 37.8 Å². The average molecular weight is 725 g/mol. The van der Waals surface area contributed by atoms with Crippen LogP contribution in [-0.2, 0) is 28.7 Å². The van der Waals surface area contributed by atoms with Crippen molar-refractivity contribution in [2.75, 3.05) is 31.7 Å². The Morgan fingerprint density at radius 2 is 1.88 bits per heavy atom. The van der Waals surface area contributed by atoms with E-state index in [2.05, 4.69) is 34.4 Å². The molecule has 2 bridgehead atoms. The molecule has 0 aromatic heterocycles. The van der Waals surface area contributed by atoms with Gasteiger partial charge in [0.05, 0.1) is 44.2 Å². The van der Waals surface area contributed by atoms with E-state index in [1.165, 1.54) is 9.80 Å². The van der Waals surface area contributed by atoms with Crippen LogP contribution in [0.5, 0.6) is 5.75 Å². The van der Waals surface area contributed by atoms with Crippen molar-refractivity contribution in [1.82, 2.24) is 10.2 Å². The zero-order valence-corrected chi connectivity index (χ0v) is 28.7. The lowest BCUT2D eigenvalue weighted by atomic mass is 9.70. The summed E-state index contributed by atoms with van der Waals surface area (Å²) in [5.74, 6) is -3.22. The van der Waals surface area contributed by atoms with Gasteiger partial charge in [0.25, 0.3) is 5.91 Å². The highest BCUT2D eigenvalue weighted by molar-refractivity contribution is 9.09. The number of ether oxygens (including phenoxy) is 3. The Kier molecular flexibility index (Phi) is 11.1. The Hall–Kier alpha value is -4.00. The minimum Gasteiger partial charge on any atom is -0.497 e. The zero-order valence-electron chi connectivity index (χ0n) is 27.1. The highest BCUT2D eigenvalue weighted by atomic mass is 79.9. The number of nitrogens with one attached hydrogen (secondary N) is 1. The molecule has 256 valence electrons. The number of carbonyl (C=O) groups excluding carboxylic acids is 4. The minimum atomic E-state index is -1.40. The summed E-state index contributed by atoms with van der Waals surface area (Å²) in [4.78, 5) is 58.3. The molecule has 2 N–H and O–H groups in total. The van der Waals surface area contributed by atoms with Gasteiger partial charge in [-0.2, -0.15) is 0 Å². The Labute approximate surface area is 289 Å². The fraction of sp³-hybridized carbons (Fsp3) is 0.444. The molecule has 3 heterocycles. The number of allylic oxidation sites excluding steroid dienone is 1. The third kappa shape index (κ3) is 6.53. The summed E-state index contributed by atoms with van der Waals surface area (Å²) >= 11 is 3.69. The molecule has 1 spiro atoms. The summed E-state index contributed by atoms with van der Waals surface area (Å²) in [6, 6.07) is 13.9. The maximum atomic E-state index is 14.9. The van der Waals surface area contributed by atoms with Crippen molar-refractivity contribution in [3.8, 4) is 5.75 Å². The molecule has 5 rings (SSSR count). The number of rotatable bonds is 15. The number of carbonyl (C=O) groups is 4. The van der Waals surface area contributed by atoms with Crippen LogP contribution in [0.15, 0.2) is 79.9 Å². The van der Waals surface area contributed by atoms with E-state index < -0.39 is 66.1 Å². The van der Waals surface area contributed by atoms with Crippen LogP contribution >= 0.6 is 15.9 Å². The highest BCUT2D eigenvalue weighted by Crippen LogP contribution is 2.61. The quantitative estimate of drug-likeness (QED) is 0.161. The van der Waals surface area contributed by atoms with Crippen LogP contribution in [0, 0.1) is 11.8 Å². The van der Waals surface area contributed by atoms with Crippen LogP contribution in [0.4, 0.5) is 5.69 Å². The fourth-order valence-corrected chi connectivity index (χ4v) is 8.18. The van der Waals surface area contributed by atoms with Crippen LogP contribution in [0.2, 0.25) is 0 Å². The van der Waals surface area contributed by atoms with Gasteiger partial charge in [-0.05, 0) is 49.6 Å². The molecule has 1 unspecified atom stereocenters. The predicted octanol–water partition coefficient (Wildman–Crippen LogP) is 3.71. The van der Waals surface area contributed by atoms with Gasteiger partial charge in [0.2, 0.25) is 11.8 Å². The van der Waals surface area contributed by atoms with Gasteiger partial charge in [-0.3, -0.25) is 19.2 Å². The number of halogens is 1. The lowest BCUT2D eigenvalue weighted by molar-refractivity contribution is -0.159. The van der Waals surface area contributed by atoms with Gasteiger partial charge < -0.3 is 34.4 Å². The predicted molar refractivity (Wildman–Crippen MR) is 182 cm³/mol. The van der Waals surface area contributed by atoms with E-state index in [-0.39, 0.29) is 36.7 Å². The van der Waals surface area contributed by atoms with Gasteiger partial charge >= 0.3 is 5.97 Å². The number of esters is 1. The van der Waals surface area contributed by atoms with Crippen LogP contribution in [-0.4, -0.2) is 89.2 Å². The maximum Gasteiger partial charge on any atom is 0.312 e. The second kappa shape index (κ2) is 15.0. The number of nitrogens with zero attached hydrogens (tertiary/aromatic N) is 2. The zero-order chi connectivity index (χ0) is 34.6. The molecular formula is C36H42BrN3O8. The first-order valence-electron chi connectivity index (χ1n) is 16.1. The van der Waals surface area contributed by atoms with Crippen LogP contribution < -0.4 is 15.0 Å². The number of aliphatic hydroxyl groups excluding tert-OH is 1. The standard InChI is InChI=1S/C36H42BrN3O8/c1-5-7-13-28(42)38-20-22(3)47-35(45)29-30-33(43)40(27(21-41)23-11-9-8-10-12-23)32(36(30)19-26(37)31(29)48-36)34(44)39(18-6-2)24-14-16-25(46-4)17-15-24/h5-6,8-12,14-17,22,26-27,29-32,41H,1-2,7,13,18-21H2,3-4H3,(H,38,42)/t22-,26?,27+,29-,30+,31-,32-,36+/m0/s1. The normalized spacial score (nSPS) is 26.7. The van der Waals surface area contributed by atoms with Crippen molar-refractivity contribution in [1.29, 1.82) is 0 Å². The summed E-state index contributed by atoms with van der Waals surface area (Å²) in [5, 5.41) is 13.5. The number of anilines is 1. The van der Waals surface area contributed by atoms with Gasteiger partial charge in [-0.15, -0.1) is 13.2 Å². The molecule has 0 saturated carbocycles. The monoisotopic (exact) mass is 723 g/mol. The van der Waals surface area contributed by atoms with E-state index in [9.17, 15) is 24.3 Å². The lowest BCUT2D eigenvalue weighted by Gasteiger charge is -2.39. The van der Waals surface area contributed by atoms with Gasteiger partial charge in [0.1, 0.15) is 23.5 Å². The molecule has 11 nitrogen and oxygen atoms in total. The average Bonchev–Trinajstić information content (AvgIpc) is 3.69. The Morgan fingerprint density at radius 1 is 1.17 bits per heavy atom. The van der Waals surface area contributed by atoms with Crippen molar-refractivity contribution in [3.05, 3.63) is 85.5 Å². The number of fused-ring (bicyclic) bond motifs is 1. The van der Waals surface area contributed by atoms with E-state index in [0.717, 1.165) is 0 Å². The second-order valence-corrected chi connectivity index (χ2v) is 13.5. The van der Waals surface area contributed by atoms with E-state index >= 15 is 0 Å². The molecule has 3 amide bonds. The number of likely N-dealkylation sites (tertiary alicyclic amines) is 1. The molecule has 3 saturated heterocycles. The molecule has 3 aliphatic heterocycles. The molecule has 2 aromatic carbocycles. The van der Waals surface area contributed by atoms with E-state index in [4.69, 9.17) is 14.2 Å². The van der Waals surface area contributed by atoms with E-state index in [0.29, 0.717) is 23.4 Å². The smallest absolute Gasteiger partial charge is 0.312 e. The van der Waals surface area contributed by atoms with Gasteiger partial charge in [0.15, 0.2) is 0 Å². The molecule has 3 fully saturated rings. The second-order valence-electron chi connectivity index (χ2n) is 12.3. The molecule has 48 heavy (non-hydrogen) atoms. The van der Waals surface area contributed by atoms with Crippen molar-refractivity contribution in [3.63, 3.8) is 0 Å². The number of benzene rings is 2. The summed E-state index contributed by atoms with van der Waals surface area (Å²) in [7, 11) is 1.55. The first-order chi connectivity index (χ1) is 23.1. The summed E-state index contributed by atoms with van der Waals surface area (Å²) < 4.78 is 17.8. The summed E-state index contributed by atoms with van der Waals surface area (Å²) in [5.41, 5.74) is -0.212. The Morgan fingerprint density at radius 3 is 2.50 bits per heavy atom. The number of aliphatic hydroxyl groups is 1. The number of methoxy groups -OCH3 is 1. The van der Waals surface area contributed by atoms with Crippen molar-refractivity contribution < 1.29 is 38.5 Å². The van der Waals surface area contributed by atoms with Crippen LogP contribution in [0.3, 0.4) is 0 Å². The summed E-state index contributed by atoms with van der Waals surface area (Å²) in [6.45, 7) is 8.89. The molecule has 3 aliphatic rings.